The normalized spacial score (nSPS) is 14.1. The van der Waals surface area contributed by atoms with Crippen LogP contribution in [0.25, 0.3) is 0 Å². The highest BCUT2D eigenvalue weighted by atomic mass is 19.1. The van der Waals surface area contributed by atoms with Crippen LogP contribution in [0.5, 0.6) is 5.75 Å². The largest absolute Gasteiger partial charge is 0.491 e. The first-order chi connectivity index (χ1) is 9.58. The first-order valence-corrected chi connectivity index (χ1v) is 7.26. The minimum Gasteiger partial charge on any atom is -0.491 e. The van der Waals surface area contributed by atoms with Gasteiger partial charge in [-0.2, -0.15) is 0 Å². The van der Waals surface area contributed by atoms with Gasteiger partial charge in [-0.1, -0.05) is 13.0 Å². The molecule has 4 heteroatoms. The Hall–Kier alpha value is -1.13. The zero-order valence-corrected chi connectivity index (χ0v) is 12.9. The molecule has 0 aliphatic rings. The Morgan fingerprint density at radius 3 is 2.65 bits per heavy atom. The van der Waals surface area contributed by atoms with Gasteiger partial charge in [-0.3, -0.25) is 0 Å². The fourth-order valence-corrected chi connectivity index (χ4v) is 1.98. The highest BCUT2D eigenvalue weighted by Crippen LogP contribution is 2.23. The summed E-state index contributed by atoms with van der Waals surface area (Å²) in [5.41, 5.74) is 0.676. The third-order valence-electron chi connectivity index (χ3n) is 3.20. The van der Waals surface area contributed by atoms with E-state index in [0.29, 0.717) is 17.9 Å². The Balaban J connectivity index is 2.62. The lowest BCUT2D eigenvalue weighted by Crippen LogP contribution is -2.20. The summed E-state index contributed by atoms with van der Waals surface area (Å²) in [4.78, 5) is 0. The van der Waals surface area contributed by atoms with Crippen LogP contribution in [0.4, 0.5) is 4.39 Å². The molecule has 0 aromatic heterocycles. The van der Waals surface area contributed by atoms with Gasteiger partial charge in [0.15, 0.2) is 0 Å². The first kappa shape index (κ1) is 16.9. The number of halogens is 1. The predicted octanol–water partition coefficient (Wildman–Crippen LogP) is 3.69. The summed E-state index contributed by atoms with van der Waals surface area (Å²) >= 11 is 0. The summed E-state index contributed by atoms with van der Waals surface area (Å²) in [6.07, 6.45) is 1.83. The lowest BCUT2D eigenvalue weighted by molar-refractivity contribution is 0.135. The van der Waals surface area contributed by atoms with Crippen molar-refractivity contribution in [2.24, 2.45) is 0 Å². The molecule has 0 bridgehead atoms. The van der Waals surface area contributed by atoms with Gasteiger partial charge in [0.25, 0.3) is 0 Å². The highest BCUT2D eigenvalue weighted by Gasteiger charge is 2.12. The zero-order chi connectivity index (χ0) is 15.0. The molecule has 114 valence electrons. The number of methoxy groups -OCH3 is 1. The topological polar surface area (TPSA) is 30.5 Å². The molecule has 0 aliphatic heterocycles. The van der Waals surface area contributed by atoms with Gasteiger partial charge in [-0.05, 0) is 32.9 Å². The number of ether oxygens (including phenoxy) is 2. The maximum atomic E-state index is 14.1. The second kappa shape index (κ2) is 8.93. The lowest BCUT2D eigenvalue weighted by atomic mass is 10.1. The number of rotatable bonds is 9. The molecule has 1 N–H and O–H groups in total. The number of hydrogen-bond acceptors (Lipinski definition) is 3. The molecule has 0 heterocycles. The van der Waals surface area contributed by atoms with Crippen molar-refractivity contribution in [3.8, 4) is 5.75 Å². The van der Waals surface area contributed by atoms with E-state index in [0.717, 1.165) is 19.4 Å². The average molecular weight is 283 g/mol. The van der Waals surface area contributed by atoms with Crippen LogP contribution >= 0.6 is 0 Å². The molecule has 3 nitrogen and oxygen atoms in total. The molecule has 1 aromatic rings. The van der Waals surface area contributed by atoms with E-state index in [1.54, 1.807) is 13.2 Å². The molecule has 0 amide bonds. The van der Waals surface area contributed by atoms with E-state index in [1.165, 1.54) is 6.07 Å². The quantitative estimate of drug-likeness (QED) is 0.749. The van der Waals surface area contributed by atoms with Crippen LogP contribution in [0.1, 0.15) is 45.2 Å². The number of benzene rings is 1. The van der Waals surface area contributed by atoms with E-state index in [9.17, 15) is 4.39 Å². The van der Waals surface area contributed by atoms with Gasteiger partial charge < -0.3 is 14.8 Å². The molecular formula is C16H26FNO2. The second-order valence-corrected chi connectivity index (χ2v) is 5.07. The summed E-state index contributed by atoms with van der Waals surface area (Å²) in [5.74, 6) is 0.343. The molecule has 20 heavy (non-hydrogen) atoms. The molecule has 0 aliphatic carbocycles. The SMILES string of the molecule is CCCNC(C)c1ccc(OC(C)CCOC)cc1F. The summed E-state index contributed by atoms with van der Waals surface area (Å²) in [7, 11) is 1.66. The van der Waals surface area contributed by atoms with Gasteiger partial charge in [0.2, 0.25) is 0 Å². The summed E-state index contributed by atoms with van der Waals surface area (Å²) in [6, 6.07) is 5.09. The summed E-state index contributed by atoms with van der Waals surface area (Å²) < 4.78 is 24.8. The third kappa shape index (κ3) is 5.47. The zero-order valence-electron chi connectivity index (χ0n) is 12.9. The number of nitrogens with one attached hydrogen (secondary N) is 1. The molecule has 0 saturated carbocycles. The van der Waals surface area contributed by atoms with Crippen LogP contribution in [0.15, 0.2) is 18.2 Å². The minimum atomic E-state index is -0.224. The fraction of sp³-hybridized carbons (Fsp3) is 0.625. The van der Waals surface area contributed by atoms with Crippen molar-refractivity contribution in [3.05, 3.63) is 29.6 Å². The van der Waals surface area contributed by atoms with Crippen LogP contribution in [-0.2, 0) is 4.74 Å². The Morgan fingerprint density at radius 1 is 1.30 bits per heavy atom. The lowest BCUT2D eigenvalue weighted by Gasteiger charge is -2.17. The Bertz CT molecular complexity index is 398. The molecule has 2 atom stereocenters. The van der Waals surface area contributed by atoms with E-state index >= 15 is 0 Å². The molecule has 2 unspecified atom stereocenters. The van der Waals surface area contributed by atoms with Crippen molar-refractivity contribution < 1.29 is 13.9 Å². The van der Waals surface area contributed by atoms with Crippen molar-refractivity contribution in [2.45, 2.75) is 45.8 Å². The van der Waals surface area contributed by atoms with Crippen LogP contribution in [0.2, 0.25) is 0 Å². The van der Waals surface area contributed by atoms with Crippen molar-refractivity contribution >= 4 is 0 Å². The fourth-order valence-electron chi connectivity index (χ4n) is 1.98. The van der Waals surface area contributed by atoms with Gasteiger partial charge in [0.05, 0.1) is 6.10 Å². The second-order valence-electron chi connectivity index (χ2n) is 5.07. The average Bonchev–Trinajstić information content (AvgIpc) is 2.42. The van der Waals surface area contributed by atoms with Crippen LogP contribution in [0.3, 0.4) is 0 Å². The van der Waals surface area contributed by atoms with Crippen molar-refractivity contribution in [1.82, 2.24) is 5.32 Å². The van der Waals surface area contributed by atoms with Crippen LogP contribution in [0, 0.1) is 5.82 Å². The molecule has 0 fully saturated rings. The van der Waals surface area contributed by atoms with E-state index in [1.807, 2.05) is 19.9 Å². The molecular weight excluding hydrogens is 257 g/mol. The summed E-state index contributed by atoms with van der Waals surface area (Å²) in [5, 5.41) is 3.28. The molecule has 0 spiro atoms. The minimum absolute atomic E-state index is 0.00918. The smallest absolute Gasteiger partial charge is 0.131 e. The third-order valence-corrected chi connectivity index (χ3v) is 3.20. The van der Waals surface area contributed by atoms with Crippen molar-refractivity contribution in [1.29, 1.82) is 0 Å². The number of hydrogen-bond donors (Lipinski definition) is 1. The van der Waals surface area contributed by atoms with E-state index < -0.39 is 0 Å². The van der Waals surface area contributed by atoms with Gasteiger partial charge in [0.1, 0.15) is 11.6 Å². The van der Waals surface area contributed by atoms with Gasteiger partial charge in [-0.15, -0.1) is 0 Å². The molecule has 0 saturated heterocycles. The Labute approximate surface area is 121 Å². The van der Waals surface area contributed by atoms with Gasteiger partial charge in [0, 0.05) is 37.8 Å². The van der Waals surface area contributed by atoms with Crippen molar-refractivity contribution in [3.63, 3.8) is 0 Å². The monoisotopic (exact) mass is 283 g/mol. The van der Waals surface area contributed by atoms with E-state index in [2.05, 4.69) is 12.2 Å². The molecule has 1 rings (SSSR count). The Kier molecular flexibility index (Phi) is 7.55. The molecule has 1 aromatic carbocycles. The van der Waals surface area contributed by atoms with E-state index in [-0.39, 0.29) is 18.0 Å². The predicted molar refractivity (Wildman–Crippen MR) is 79.7 cm³/mol. The van der Waals surface area contributed by atoms with Crippen LogP contribution < -0.4 is 10.1 Å². The Morgan fingerprint density at radius 2 is 2.05 bits per heavy atom. The van der Waals surface area contributed by atoms with Crippen molar-refractivity contribution in [2.75, 3.05) is 20.3 Å². The maximum Gasteiger partial charge on any atom is 0.131 e. The van der Waals surface area contributed by atoms with Gasteiger partial charge in [-0.25, -0.2) is 4.39 Å². The standard InChI is InChI=1S/C16H26FNO2/c1-5-9-18-13(3)15-7-6-14(11-16(15)17)20-12(2)8-10-19-4/h6-7,11-13,18H,5,8-10H2,1-4H3. The van der Waals surface area contributed by atoms with Crippen LogP contribution in [-0.4, -0.2) is 26.4 Å². The molecule has 0 radical (unpaired) electrons. The van der Waals surface area contributed by atoms with Gasteiger partial charge >= 0.3 is 0 Å². The van der Waals surface area contributed by atoms with E-state index in [4.69, 9.17) is 9.47 Å². The summed E-state index contributed by atoms with van der Waals surface area (Å²) in [6.45, 7) is 7.53. The first-order valence-electron chi connectivity index (χ1n) is 7.26. The maximum absolute atomic E-state index is 14.1. The highest BCUT2D eigenvalue weighted by molar-refractivity contribution is 5.30.